The van der Waals surface area contributed by atoms with Gasteiger partial charge in [-0.1, -0.05) is 6.92 Å². The molecule has 1 heterocycles. The van der Waals surface area contributed by atoms with Crippen LogP contribution in [0, 0.1) is 5.92 Å². The minimum atomic E-state index is -0.249. The Bertz CT molecular complexity index is 290. The molecule has 0 aromatic heterocycles. The average molecular weight is 258 g/mol. The van der Waals surface area contributed by atoms with Crippen LogP contribution in [0.2, 0.25) is 0 Å². The number of hydrogen-bond acceptors (Lipinski definition) is 5. The van der Waals surface area contributed by atoms with Crippen molar-refractivity contribution in [2.45, 2.75) is 6.92 Å². The van der Waals surface area contributed by atoms with E-state index in [0.29, 0.717) is 39.4 Å². The number of rotatable bonds is 5. The zero-order valence-corrected chi connectivity index (χ0v) is 11.3. The monoisotopic (exact) mass is 258 g/mol. The average Bonchev–Trinajstić information content (AvgIpc) is 2.38. The normalized spacial score (nSPS) is 17.7. The molecule has 18 heavy (non-hydrogen) atoms. The lowest BCUT2D eigenvalue weighted by atomic mass is 10.2. The highest BCUT2D eigenvalue weighted by Gasteiger charge is 2.21. The summed E-state index contributed by atoms with van der Waals surface area (Å²) in [6, 6.07) is 0. The molecule has 0 saturated carbocycles. The number of carbonyl (C=O) groups is 2. The highest BCUT2D eigenvalue weighted by atomic mass is 16.5. The van der Waals surface area contributed by atoms with E-state index in [4.69, 9.17) is 4.74 Å². The number of hydrogen-bond donors (Lipinski definition) is 0. The Morgan fingerprint density at radius 2 is 2.00 bits per heavy atom. The van der Waals surface area contributed by atoms with Crippen molar-refractivity contribution in [2.75, 3.05) is 53.6 Å². The smallest absolute Gasteiger partial charge is 0.309 e. The SMILES string of the molecule is COC(=O)C(C)CN(C)CC(=O)N1CCOCC1. The third kappa shape index (κ3) is 4.62. The van der Waals surface area contributed by atoms with Gasteiger partial charge in [0.25, 0.3) is 0 Å². The van der Waals surface area contributed by atoms with Crippen molar-refractivity contribution < 1.29 is 19.1 Å². The van der Waals surface area contributed by atoms with Crippen molar-refractivity contribution in [3.05, 3.63) is 0 Å². The van der Waals surface area contributed by atoms with Gasteiger partial charge in [0.05, 0.1) is 32.8 Å². The van der Waals surface area contributed by atoms with Gasteiger partial charge in [0, 0.05) is 19.6 Å². The fourth-order valence-electron chi connectivity index (χ4n) is 1.95. The van der Waals surface area contributed by atoms with E-state index < -0.39 is 0 Å². The maximum atomic E-state index is 11.9. The van der Waals surface area contributed by atoms with Crippen molar-refractivity contribution in [3.8, 4) is 0 Å². The number of ether oxygens (including phenoxy) is 2. The summed E-state index contributed by atoms with van der Waals surface area (Å²) in [5, 5.41) is 0. The Labute approximate surface area is 108 Å². The third-order valence-electron chi connectivity index (χ3n) is 2.96. The number of morpholine rings is 1. The summed E-state index contributed by atoms with van der Waals surface area (Å²) in [4.78, 5) is 26.9. The summed E-state index contributed by atoms with van der Waals surface area (Å²) in [7, 11) is 3.20. The van der Waals surface area contributed by atoms with Crippen LogP contribution in [-0.4, -0.2) is 75.2 Å². The maximum Gasteiger partial charge on any atom is 0.309 e. The van der Waals surface area contributed by atoms with Gasteiger partial charge in [0.2, 0.25) is 5.91 Å². The summed E-state index contributed by atoms with van der Waals surface area (Å²) in [6.07, 6.45) is 0. The number of likely N-dealkylation sites (N-methyl/N-ethyl adjacent to an activating group) is 1. The topological polar surface area (TPSA) is 59.1 Å². The Morgan fingerprint density at radius 3 is 2.56 bits per heavy atom. The third-order valence-corrected chi connectivity index (χ3v) is 2.96. The van der Waals surface area contributed by atoms with Crippen molar-refractivity contribution in [1.82, 2.24) is 9.80 Å². The molecule has 0 aliphatic carbocycles. The Kier molecular flexibility index (Phi) is 6.07. The Hall–Kier alpha value is -1.14. The number of nitrogens with zero attached hydrogens (tertiary/aromatic N) is 2. The summed E-state index contributed by atoms with van der Waals surface area (Å²) in [6.45, 7) is 5.14. The summed E-state index contributed by atoms with van der Waals surface area (Å²) >= 11 is 0. The standard InChI is InChI=1S/C12H22N2O4/c1-10(12(16)17-3)8-13(2)9-11(15)14-4-6-18-7-5-14/h10H,4-9H2,1-3H3. The molecule has 0 spiro atoms. The first-order chi connectivity index (χ1) is 8.54. The number of carbonyl (C=O) groups excluding carboxylic acids is 2. The summed E-state index contributed by atoms with van der Waals surface area (Å²) in [5.74, 6) is -0.393. The van der Waals surface area contributed by atoms with E-state index in [1.807, 2.05) is 11.9 Å². The second kappa shape index (κ2) is 7.33. The van der Waals surface area contributed by atoms with Gasteiger partial charge in [-0.15, -0.1) is 0 Å². The molecule has 6 nitrogen and oxygen atoms in total. The van der Waals surface area contributed by atoms with Crippen LogP contribution < -0.4 is 0 Å². The Balaban J connectivity index is 2.32. The molecule has 0 aromatic rings. The lowest BCUT2D eigenvalue weighted by Gasteiger charge is -2.29. The summed E-state index contributed by atoms with van der Waals surface area (Å²) < 4.78 is 9.85. The van der Waals surface area contributed by atoms with E-state index in [-0.39, 0.29) is 17.8 Å². The summed E-state index contributed by atoms with van der Waals surface area (Å²) in [5.41, 5.74) is 0. The molecule has 1 unspecified atom stereocenters. The molecular formula is C12H22N2O4. The van der Waals surface area contributed by atoms with Crippen LogP contribution in [0.3, 0.4) is 0 Å². The molecule has 0 bridgehead atoms. The van der Waals surface area contributed by atoms with Crippen LogP contribution in [0.4, 0.5) is 0 Å². The highest BCUT2D eigenvalue weighted by Crippen LogP contribution is 2.03. The molecule has 1 saturated heterocycles. The maximum absolute atomic E-state index is 11.9. The molecular weight excluding hydrogens is 236 g/mol. The molecule has 0 radical (unpaired) electrons. The fourth-order valence-corrected chi connectivity index (χ4v) is 1.95. The van der Waals surface area contributed by atoms with Crippen LogP contribution in [0.1, 0.15) is 6.92 Å². The van der Waals surface area contributed by atoms with Crippen molar-refractivity contribution >= 4 is 11.9 Å². The predicted octanol–water partition coefficient (Wildman–Crippen LogP) is -0.414. The van der Waals surface area contributed by atoms with Crippen LogP contribution >= 0.6 is 0 Å². The van der Waals surface area contributed by atoms with Crippen LogP contribution in [0.25, 0.3) is 0 Å². The van der Waals surface area contributed by atoms with Crippen LogP contribution in [0.5, 0.6) is 0 Å². The largest absolute Gasteiger partial charge is 0.469 e. The number of amides is 1. The predicted molar refractivity (Wildman–Crippen MR) is 66.1 cm³/mol. The first kappa shape index (κ1) is 14.9. The van der Waals surface area contributed by atoms with Gasteiger partial charge in [0.1, 0.15) is 0 Å². The zero-order valence-electron chi connectivity index (χ0n) is 11.3. The lowest BCUT2D eigenvalue weighted by Crippen LogP contribution is -2.45. The second-order valence-corrected chi connectivity index (χ2v) is 4.61. The molecule has 6 heteroatoms. The van der Waals surface area contributed by atoms with E-state index in [0.717, 1.165) is 0 Å². The number of methoxy groups -OCH3 is 1. The fraction of sp³-hybridized carbons (Fsp3) is 0.833. The molecule has 1 aliphatic rings. The van der Waals surface area contributed by atoms with Gasteiger partial charge in [-0.25, -0.2) is 0 Å². The van der Waals surface area contributed by atoms with Crippen LogP contribution in [-0.2, 0) is 19.1 Å². The van der Waals surface area contributed by atoms with E-state index >= 15 is 0 Å². The molecule has 0 N–H and O–H groups in total. The van der Waals surface area contributed by atoms with Crippen molar-refractivity contribution in [3.63, 3.8) is 0 Å². The molecule has 1 amide bonds. The van der Waals surface area contributed by atoms with Gasteiger partial charge in [0.15, 0.2) is 0 Å². The van der Waals surface area contributed by atoms with Gasteiger partial charge >= 0.3 is 5.97 Å². The lowest BCUT2D eigenvalue weighted by molar-refractivity contribution is -0.146. The van der Waals surface area contributed by atoms with Crippen molar-refractivity contribution in [1.29, 1.82) is 0 Å². The highest BCUT2D eigenvalue weighted by molar-refractivity contribution is 5.78. The van der Waals surface area contributed by atoms with E-state index in [1.165, 1.54) is 7.11 Å². The quantitative estimate of drug-likeness (QED) is 0.627. The minimum Gasteiger partial charge on any atom is -0.469 e. The number of esters is 1. The first-order valence-electron chi connectivity index (χ1n) is 6.16. The van der Waals surface area contributed by atoms with E-state index in [2.05, 4.69) is 4.74 Å². The molecule has 1 fully saturated rings. The van der Waals surface area contributed by atoms with Crippen LogP contribution in [0.15, 0.2) is 0 Å². The minimum absolute atomic E-state index is 0.0814. The molecule has 1 aliphatic heterocycles. The zero-order chi connectivity index (χ0) is 13.5. The van der Waals surface area contributed by atoms with Gasteiger partial charge in [-0.3, -0.25) is 14.5 Å². The molecule has 1 rings (SSSR count). The first-order valence-corrected chi connectivity index (χ1v) is 6.16. The van der Waals surface area contributed by atoms with Gasteiger partial charge in [-0.05, 0) is 7.05 Å². The molecule has 1 atom stereocenters. The van der Waals surface area contributed by atoms with E-state index in [9.17, 15) is 9.59 Å². The van der Waals surface area contributed by atoms with E-state index in [1.54, 1.807) is 11.8 Å². The molecule has 0 aromatic carbocycles. The van der Waals surface area contributed by atoms with Crippen molar-refractivity contribution in [2.24, 2.45) is 5.92 Å². The molecule has 104 valence electrons. The Morgan fingerprint density at radius 1 is 1.39 bits per heavy atom. The van der Waals surface area contributed by atoms with Gasteiger partial charge in [-0.2, -0.15) is 0 Å². The second-order valence-electron chi connectivity index (χ2n) is 4.61. The van der Waals surface area contributed by atoms with Gasteiger partial charge < -0.3 is 14.4 Å².